The Morgan fingerprint density at radius 2 is 1.92 bits per heavy atom. The molecule has 13 nitrogen and oxygen atoms in total. The first-order chi connectivity index (χ1) is 18.2. The van der Waals surface area contributed by atoms with Crippen molar-refractivity contribution < 1.29 is 45.9 Å². The molecule has 3 N–H and O–H groups in total. The summed E-state index contributed by atoms with van der Waals surface area (Å²) in [6.07, 6.45) is -2.26. The first-order valence-corrected chi connectivity index (χ1v) is 13.5. The number of hydrogen-bond acceptors (Lipinski definition) is 9. The Labute approximate surface area is 219 Å². The van der Waals surface area contributed by atoms with Crippen molar-refractivity contribution in [1.82, 2.24) is 30.5 Å². The van der Waals surface area contributed by atoms with Crippen LogP contribution in [-0.4, -0.2) is 86.9 Å². The summed E-state index contributed by atoms with van der Waals surface area (Å²) in [7, 11) is -2.96. The van der Waals surface area contributed by atoms with Crippen LogP contribution in [0.4, 0.5) is 13.2 Å². The lowest BCUT2D eigenvalue weighted by molar-refractivity contribution is -0.192. The maximum atomic E-state index is 13.0. The summed E-state index contributed by atoms with van der Waals surface area (Å²) in [6, 6.07) is 4.52. The first kappa shape index (κ1) is 28.2. The normalized spacial score (nSPS) is 22.2. The molecule has 2 atom stereocenters. The number of halogens is 3. The number of carboxylic acid groups (broad SMARTS) is 1. The highest BCUT2D eigenvalue weighted by molar-refractivity contribution is 7.91. The monoisotopic (exact) mass is 572 g/mol. The third-order valence-electron chi connectivity index (χ3n) is 6.39. The molecule has 1 aromatic heterocycles. The highest BCUT2D eigenvalue weighted by atomic mass is 32.2. The largest absolute Gasteiger partial charge is 0.490 e. The summed E-state index contributed by atoms with van der Waals surface area (Å²) in [5.41, 5.74) is 2.58. The SMILES string of the molecule is O=C(O)C(F)(F)F.O=C1CCC(N2Cc3c(cccc3-n3cc(CNC4CCS(=O)(=O)C4)nn3)C2=O)C(=O)N1. The van der Waals surface area contributed by atoms with Crippen LogP contribution in [0.1, 0.15) is 40.9 Å². The summed E-state index contributed by atoms with van der Waals surface area (Å²) >= 11 is 0. The van der Waals surface area contributed by atoms with Crippen molar-refractivity contribution in [2.45, 2.75) is 50.6 Å². The molecule has 17 heteroatoms. The number of aromatic nitrogens is 3. The van der Waals surface area contributed by atoms with Gasteiger partial charge in [-0.15, -0.1) is 5.10 Å². The summed E-state index contributed by atoms with van der Waals surface area (Å²) < 4.78 is 56.5. The third-order valence-corrected chi connectivity index (χ3v) is 8.16. The summed E-state index contributed by atoms with van der Waals surface area (Å²) in [6.45, 7) is 0.626. The molecule has 3 aliphatic heterocycles. The predicted octanol–water partition coefficient (Wildman–Crippen LogP) is -0.0617. The summed E-state index contributed by atoms with van der Waals surface area (Å²) in [5.74, 6) is -3.45. The van der Waals surface area contributed by atoms with E-state index in [-0.39, 0.29) is 42.3 Å². The van der Waals surface area contributed by atoms with Gasteiger partial charge in [-0.25, -0.2) is 17.9 Å². The van der Waals surface area contributed by atoms with E-state index in [1.165, 1.54) is 4.90 Å². The van der Waals surface area contributed by atoms with Gasteiger partial charge in [0.2, 0.25) is 11.8 Å². The maximum absolute atomic E-state index is 13.0. The van der Waals surface area contributed by atoms with Crippen molar-refractivity contribution >= 4 is 33.5 Å². The van der Waals surface area contributed by atoms with E-state index < -0.39 is 33.9 Å². The molecule has 4 heterocycles. The second-order valence-corrected chi connectivity index (χ2v) is 11.4. The minimum Gasteiger partial charge on any atom is -0.475 e. The number of amides is 3. The number of imide groups is 1. The quantitative estimate of drug-likeness (QED) is 0.411. The van der Waals surface area contributed by atoms with Crippen molar-refractivity contribution in [2.24, 2.45) is 0 Å². The maximum Gasteiger partial charge on any atom is 0.490 e. The van der Waals surface area contributed by atoms with E-state index in [9.17, 15) is 36.0 Å². The number of nitrogens with zero attached hydrogens (tertiary/aromatic N) is 4. The molecule has 0 spiro atoms. The van der Waals surface area contributed by atoms with Gasteiger partial charge in [0.25, 0.3) is 5.91 Å². The van der Waals surface area contributed by atoms with Crippen LogP contribution >= 0.6 is 0 Å². The van der Waals surface area contributed by atoms with Gasteiger partial charge in [0, 0.05) is 36.7 Å². The molecule has 3 aliphatic rings. The standard InChI is InChI=1S/C20H22N6O5S.C2HF3O2/c27-18-5-4-17(19(28)22-18)25-10-15-14(20(25)29)2-1-3-16(15)26-9-13(23-24-26)8-21-12-6-7-32(30,31)11-12;3-2(4,5)1(6)7/h1-3,9,12,17,21H,4-8,10-11H2,(H,22,27,28);(H,6,7). The van der Waals surface area contributed by atoms with E-state index >= 15 is 0 Å². The Balaban J connectivity index is 0.000000448. The van der Waals surface area contributed by atoms with E-state index in [0.29, 0.717) is 36.3 Å². The Bertz CT molecular complexity index is 1430. The van der Waals surface area contributed by atoms with Gasteiger partial charge >= 0.3 is 12.1 Å². The van der Waals surface area contributed by atoms with Crippen LogP contribution in [-0.2, 0) is 37.3 Å². The molecule has 210 valence electrons. The van der Waals surface area contributed by atoms with Gasteiger partial charge in [0.1, 0.15) is 6.04 Å². The molecule has 2 unspecified atom stereocenters. The molecule has 0 saturated carbocycles. The van der Waals surface area contributed by atoms with Crippen molar-refractivity contribution in [3.05, 3.63) is 41.2 Å². The third kappa shape index (κ3) is 6.42. The minimum absolute atomic E-state index is 0.0918. The number of piperidine rings is 1. The van der Waals surface area contributed by atoms with Gasteiger partial charge in [0.05, 0.1) is 29.1 Å². The van der Waals surface area contributed by atoms with Crippen LogP contribution in [0.3, 0.4) is 0 Å². The number of carboxylic acids is 1. The van der Waals surface area contributed by atoms with Crippen molar-refractivity contribution in [3.8, 4) is 5.69 Å². The Hall–Kier alpha value is -3.86. The molecule has 39 heavy (non-hydrogen) atoms. The van der Waals surface area contributed by atoms with Gasteiger partial charge in [-0.1, -0.05) is 11.3 Å². The second-order valence-electron chi connectivity index (χ2n) is 9.14. The van der Waals surface area contributed by atoms with Crippen molar-refractivity contribution in [1.29, 1.82) is 0 Å². The van der Waals surface area contributed by atoms with E-state index in [1.54, 1.807) is 23.0 Å². The van der Waals surface area contributed by atoms with Crippen LogP contribution in [0.2, 0.25) is 0 Å². The number of nitrogens with one attached hydrogen (secondary N) is 2. The number of hydrogen-bond donors (Lipinski definition) is 3. The lowest BCUT2D eigenvalue weighted by Crippen LogP contribution is -2.52. The zero-order valence-corrected chi connectivity index (χ0v) is 21.0. The molecule has 0 radical (unpaired) electrons. The summed E-state index contributed by atoms with van der Waals surface area (Å²) in [5, 5.41) is 21.0. The number of rotatable bonds is 5. The van der Waals surface area contributed by atoms with Gasteiger partial charge in [0.15, 0.2) is 9.84 Å². The lowest BCUT2D eigenvalue weighted by atomic mass is 10.0. The number of fused-ring (bicyclic) bond motifs is 1. The van der Waals surface area contributed by atoms with E-state index in [0.717, 1.165) is 5.56 Å². The van der Waals surface area contributed by atoms with Crippen LogP contribution in [0, 0.1) is 0 Å². The van der Waals surface area contributed by atoms with Crippen LogP contribution < -0.4 is 10.6 Å². The smallest absolute Gasteiger partial charge is 0.475 e. The highest BCUT2D eigenvalue weighted by Gasteiger charge is 2.40. The fourth-order valence-electron chi connectivity index (χ4n) is 4.49. The first-order valence-electron chi connectivity index (χ1n) is 11.7. The zero-order valence-electron chi connectivity index (χ0n) is 20.1. The topological polar surface area (TPSA) is 181 Å². The molecular formula is C22H23F3N6O7S. The number of benzene rings is 1. The molecule has 2 aromatic rings. The van der Waals surface area contributed by atoms with Crippen LogP contribution in [0.25, 0.3) is 5.69 Å². The Morgan fingerprint density at radius 1 is 1.21 bits per heavy atom. The van der Waals surface area contributed by atoms with Crippen molar-refractivity contribution in [2.75, 3.05) is 11.5 Å². The molecular weight excluding hydrogens is 549 g/mol. The highest BCUT2D eigenvalue weighted by Crippen LogP contribution is 2.31. The molecule has 2 fully saturated rings. The number of carbonyl (C=O) groups excluding carboxylic acids is 3. The summed E-state index contributed by atoms with van der Waals surface area (Å²) in [4.78, 5) is 47.1. The van der Waals surface area contributed by atoms with Gasteiger partial charge < -0.3 is 15.3 Å². The van der Waals surface area contributed by atoms with Crippen LogP contribution in [0.15, 0.2) is 24.4 Å². The van der Waals surface area contributed by atoms with Gasteiger partial charge in [-0.2, -0.15) is 13.2 Å². The Morgan fingerprint density at radius 3 is 2.54 bits per heavy atom. The minimum atomic E-state index is -5.08. The van der Waals surface area contributed by atoms with E-state index in [4.69, 9.17) is 9.90 Å². The molecule has 3 amide bonds. The number of aliphatic carboxylic acids is 1. The lowest BCUT2D eigenvalue weighted by Gasteiger charge is -2.29. The van der Waals surface area contributed by atoms with Crippen molar-refractivity contribution in [3.63, 3.8) is 0 Å². The van der Waals surface area contributed by atoms with E-state index in [1.807, 2.05) is 6.07 Å². The number of alkyl halides is 3. The fourth-order valence-corrected chi connectivity index (χ4v) is 6.19. The molecule has 2 saturated heterocycles. The number of sulfone groups is 1. The predicted molar refractivity (Wildman–Crippen MR) is 125 cm³/mol. The van der Waals surface area contributed by atoms with Gasteiger partial charge in [-0.3, -0.25) is 19.7 Å². The average molecular weight is 573 g/mol. The molecule has 0 aliphatic carbocycles. The Kier molecular flexibility index (Phi) is 7.74. The molecule has 0 bridgehead atoms. The molecule has 1 aromatic carbocycles. The zero-order chi connectivity index (χ0) is 28.5. The molecule has 5 rings (SSSR count). The van der Waals surface area contributed by atoms with E-state index in [2.05, 4.69) is 20.9 Å². The average Bonchev–Trinajstić information content (AvgIpc) is 3.55. The number of carbonyl (C=O) groups is 4. The van der Waals surface area contributed by atoms with Gasteiger partial charge in [-0.05, 0) is 25.0 Å². The van der Waals surface area contributed by atoms with Crippen LogP contribution in [0.5, 0.6) is 0 Å². The fraction of sp³-hybridized carbons (Fsp3) is 0.455. The second kappa shape index (κ2) is 10.7.